The number of ether oxygens (including phenoxy) is 2. The van der Waals surface area contributed by atoms with Crippen LogP contribution < -0.4 is 15.4 Å². The Bertz CT molecular complexity index is 685. The first-order chi connectivity index (χ1) is 11.7. The summed E-state index contributed by atoms with van der Waals surface area (Å²) in [5, 5.41) is 5.32. The number of nitrogens with one attached hydrogen (secondary N) is 2. The summed E-state index contributed by atoms with van der Waals surface area (Å²) in [6, 6.07) is 13.1. The molecule has 0 aromatic heterocycles. The SMILES string of the molecule is O=C(NCc1ccccc1F)Nc1ccc(O[C@@H]2CCOC2)cc1. The quantitative estimate of drug-likeness (QED) is 0.884. The fourth-order valence-corrected chi connectivity index (χ4v) is 2.41. The van der Waals surface area contributed by atoms with Gasteiger partial charge >= 0.3 is 6.03 Å². The van der Waals surface area contributed by atoms with Crippen LogP contribution in [0.25, 0.3) is 0 Å². The fourth-order valence-electron chi connectivity index (χ4n) is 2.41. The lowest BCUT2D eigenvalue weighted by molar-refractivity contribution is 0.141. The average molecular weight is 330 g/mol. The topological polar surface area (TPSA) is 59.6 Å². The number of halogens is 1. The van der Waals surface area contributed by atoms with Crippen molar-refractivity contribution >= 4 is 11.7 Å². The second kappa shape index (κ2) is 7.79. The predicted octanol–water partition coefficient (Wildman–Crippen LogP) is 3.32. The normalized spacial score (nSPS) is 16.6. The Labute approximate surface area is 139 Å². The first-order valence-corrected chi connectivity index (χ1v) is 7.83. The number of rotatable bonds is 5. The molecule has 0 radical (unpaired) electrons. The molecule has 3 rings (SSSR count). The van der Waals surface area contributed by atoms with E-state index in [-0.39, 0.29) is 18.5 Å². The zero-order valence-electron chi connectivity index (χ0n) is 13.1. The molecule has 6 heteroatoms. The van der Waals surface area contributed by atoms with Crippen molar-refractivity contribution in [1.82, 2.24) is 5.32 Å². The Morgan fingerprint density at radius 1 is 1.21 bits per heavy atom. The van der Waals surface area contributed by atoms with Gasteiger partial charge in [0.1, 0.15) is 17.7 Å². The number of amides is 2. The molecule has 1 aliphatic rings. The second-order valence-electron chi connectivity index (χ2n) is 5.53. The summed E-state index contributed by atoms with van der Waals surface area (Å²) in [6.07, 6.45) is 0.978. The molecule has 0 saturated carbocycles. The van der Waals surface area contributed by atoms with E-state index in [0.29, 0.717) is 17.9 Å². The lowest BCUT2D eigenvalue weighted by Crippen LogP contribution is -2.28. The summed E-state index contributed by atoms with van der Waals surface area (Å²) >= 11 is 0. The fraction of sp³-hybridized carbons (Fsp3) is 0.278. The number of anilines is 1. The van der Waals surface area contributed by atoms with Gasteiger partial charge in [-0.1, -0.05) is 18.2 Å². The van der Waals surface area contributed by atoms with Crippen LogP contribution in [0.2, 0.25) is 0 Å². The van der Waals surface area contributed by atoms with E-state index in [1.807, 2.05) is 0 Å². The third kappa shape index (κ3) is 4.45. The molecule has 0 spiro atoms. The van der Waals surface area contributed by atoms with Crippen LogP contribution in [0.1, 0.15) is 12.0 Å². The Morgan fingerprint density at radius 3 is 2.71 bits per heavy atom. The molecule has 2 amide bonds. The largest absolute Gasteiger partial charge is 0.488 e. The van der Waals surface area contributed by atoms with Gasteiger partial charge in [0.05, 0.1) is 13.2 Å². The maximum Gasteiger partial charge on any atom is 0.319 e. The Balaban J connectivity index is 1.48. The molecule has 1 heterocycles. The molecule has 0 bridgehead atoms. The number of carbonyl (C=O) groups excluding carboxylic acids is 1. The summed E-state index contributed by atoms with van der Waals surface area (Å²) in [6.45, 7) is 1.46. The molecular weight excluding hydrogens is 311 g/mol. The zero-order valence-corrected chi connectivity index (χ0v) is 13.1. The molecule has 126 valence electrons. The van der Waals surface area contributed by atoms with Crippen LogP contribution in [-0.2, 0) is 11.3 Å². The summed E-state index contributed by atoms with van der Waals surface area (Å²) in [4.78, 5) is 11.9. The van der Waals surface area contributed by atoms with Gasteiger partial charge in [-0.15, -0.1) is 0 Å². The van der Waals surface area contributed by atoms with Gasteiger partial charge in [0, 0.05) is 24.2 Å². The highest BCUT2D eigenvalue weighted by Crippen LogP contribution is 2.19. The summed E-state index contributed by atoms with van der Waals surface area (Å²) in [5.41, 5.74) is 1.08. The number of hydrogen-bond donors (Lipinski definition) is 2. The highest BCUT2D eigenvalue weighted by atomic mass is 19.1. The van der Waals surface area contributed by atoms with Gasteiger partial charge in [0.15, 0.2) is 0 Å². The lowest BCUT2D eigenvalue weighted by Gasteiger charge is -2.12. The molecule has 1 atom stereocenters. The van der Waals surface area contributed by atoms with Crippen molar-refractivity contribution in [2.75, 3.05) is 18.5 Å². The maximum absolute atomic E-state index is 13.5. The van der Waals surface area contributed by atoms with Crippen molar-refractivity contribution in [2.24, 2.45) is 0 Å². The van der Waals surface area contributed by atoms with Crippen LogP contribution in [0, 0.1) is 5.82 Å². The first kappa shape index (κ1) is 16.3. The third-order valence-electron chi connectivity index (χ3n) is 3.70. The van der Waals surface area contributed by atoms with Crippen LogP contribution in [0.3, 0.4) is 0 Å². The summed E-state index contributed by atoms with van der Waals surface area (Å²) < 4.78 is 24.5. The Kier molecular flexibility index (Phi) is 5.28. The summed E-state index contributed by atoms with van der Waals surface area (Å²) in [5.74, 6) is 0.401. The highest BCUT2D eigenvalue weighted by molar-refractivity contribution is 5.89. The number of benzene rings is 2. The molecule has 0 aliphatic carbocycles. The van der Waals surface area contributed by atoms with Crippen LogP contribution in [-0.4, -0.2) is 25.3 Å². The standard InChI is InChI=1S/C18H19FN2O3/c19-17-4-2-1-3-13(17)11-20-18(22)21-14-5-7-15(8-6-14)24-16-9-10-23-12-16/h1-8,16H,9-12H2,(H2,20,21,22)/t16-/m1/s1. The van der Waals surface area contributed by atoms with Gasteiger partial charge in [0.2, 0.25) is 0 Å². The van der Waals surface area contributed by atoms with Crippen LogP contribution in [0.5, 0.6) is 5.75 Å². The number of hydrogen-bond acceptors (Lipinski definition) is 3. The Morgan fingerprint density at radius 2 is 2.00 bits per heavy atom. The van der Waals surface area contributed by atoms with Crippen molar-refractivity contribution < 1.29 is 18.7 Å². The van der Waals surface area contributed by atoms with E-state index in [1.165, 1.54) is 6.07 Å². The molecule has 5 nitrogen and oxygen atoms in total. The molecule has 1 saturated heterocycles. The molecule has 2 aromatic carbocycles. The Hall–Kier alpha value is -2.60. The van der Waals surface area contributed by atoms with Crippen molar-refractivity contribution in [3.05, 3.63) is 59.9 Å². The van der Waals surface area contributed by atoms with Crippen molar-refractivity contribution in [3.8, 4) is 5.75 Å². The van der Waals surface area contributed by atoms with Gasteiger partial charge < -0.3 is 20.1 Å². The lowest BCUT2D eigenvalue weighted by atomic mass is 10.2. The van der Waals surface area contributed by atoms with E-state index in [9.17, 15) is 9.18 Å². The van der Waals surface area contributed by atoms with Gasteiger partial charge in [-0.05, 0) is 30.3 Å². The monoisotopic (exact) mass is 330 g/mol. The molecule has 1 aliphatic heterocycles. The van der Waals surface area contributed by atoms with E-state index in [2.05, 4.69) is 10.6 Å². The molecule has 2 N–H and O–H groups in total. The average Bonchev–Trinajstić information content (AvgIpc) is 3.09. The van der Waals surface area contributed by atoms with Crippen LogP contribution >= 0.6 is 0 Å². The minimum Gasteiger partial charge on any atom is -0.488 e. The molecule has 2 aromatic rings. The van der Waals surface area contributed by atoms with Crippen molar-refractivity contribution in [3.63, 3.8) is 0 Å². The number of carbonyl (C=O) groups is 1. The van der Waals surface area contributed by atoms with Gasteiger partial charge in [-0.25, -0.2) is 9.18 Å². The third-order valence-corrected chi connectivity index (χ3v) is 3.70. The van der Waals surface area contributed by atoms with Crippen molar-refractivity contribution in [1.29, 1.82) is 0 Å². The smallest absolute Gasteiger partial charge is 0.319 e. The molecule has 0 unspecified atom stereocenters. The summed E-state index contributed by atoms with van der Waals surface area (Å²) in [7, 11) is 0. The minimum atomic E-state index is -0.392. The second-order valence-corrected chi connectivity index (χ2v) is 5.53. The van der Waals surface area contributed by atoms with E-state index in [1.54, 1.807) is 42.5 Å². The van der Waals surface area contributed by atoms with E-state index in [0.717, 1.165) is 18.8 Å². The zero-order chi connectivity index (χ0) is 16.8. The van der Waals surface area contributed by atoms with E-state index >= 15 is 0 Å². The van der Waals surface area contributed by atoms with Gasteiger partial charge in [0.25, 0.3) is 0 Å². The van der Waals surface area contributed by atoms with Crippen LogP contribution in [0.15, 0.2) is 48.5 Å². The van der Waals surface area contributed by atoms with Gasteiger partial charge in [-0.2, -0.15) is 0 Å². The maximum atomic E-state index is 13.5. The van der Waals surface area contributed by atoms with E-state index < -0.39 is 6.03 Å². The predicted molar refractivity (Wildman–Crippen MR) is 88.6 cm³/mol. The first-order valence-electron chi connectivity index (χ1n) is 7.83. The van der Waals surface area contributed by atoms with Gasteiger partial charge in [-0.3, -0.25) is 0 Å². The van der Waals surface area contributed by atoms with Crippen molar-refractivity contribution in [2.45, 2.75) is 19.1 Å². The number of urea groups is 1. The molecule has 24 heavy (non-hydrogen) atoms. The van der Waals surface area contributed by atoms with Crippen LogP contribution in [0.4, 0.5) is 14.9 Å². The highest BCUT2D eigenvalue weighted by Gasteiger charge is 2.16. The van der Waals surface area contributed by atoms with E-state index in [4.69, 9.17) is 9.47 Å². The molecular formula is C18H19FN2O3. The molecule has 1 fully saturated rings. The minimum absolute atomic E-state index is 0.0906.